The predicted octanol–water partition coefficient (Wildman–Crippen LogP) is 8.57. The second-order valence-electron chi connectivity index (χ2n) is 12.5. The lowest BCUT2D eigenvalue weighted by Gasteiger charge is -2.53. The van der Waals surface area contributed by atoms with E-state index in [1.807, 2.05) is 105 Å². The number of halogens is 2. The zero-order valence-electron chi connectivity index (χ0n) is 25.3. The van der Waals surface area contributed by atoms with E-state index in [-0.39, 0.29) is 41.1 Å². The van der Waals surface area contributed by atoms with E-state index < -0.39 is 27.2 Å². The van der Waals surface area contributed by atoms with Crippen LogP contribution in [-0.2, 0) is 19.3 Å². The van der Waals surface area contributed by atoms with Crippen molar-refractivity contribution in [1.29, 1.82) is 4.78 Å². The largest absolute Gasteiger partial charge is 0.330 e. The number of hydrogen-bond donors (Lipinski definition) is 2. The summed E-state index contributed by atoms with van der Waals surface area (Å²) >= 11 is 12.8. The van der Waals surface area contributed by atoms with Gasteiger partial charge in [0.05, 0.1) is 17.2 Å². The number of anilines is 1. The molecule has 1 heterocycles. The Labute approximate surface area is 266 Å². The number of hydrogen-bond acceptors (Lipinski definition) is 4. The molecular formula is C34H41Cl2N3O3S. The third kappa shape index (κ3) is 7.62. The Balaban J connectivity index is 1.89. The Kier molecular flexibility index (Phi) is 10.3. The van der Waals surface area contributed by atoms with Crippen LogP contribution in [0.5, 0.6) is 0 Å². The smallest absolute Gasteiger partial charge is 0.229 e. The Morgan fingerprint density at radius 2 is 1.63 bits per heavy atom. The van der Waals surface area contributed by atoms with E-state index in [1.165, 1.54) is 0 Å². The lowest BCUT2D eigenvalue weighted by molar-refractivity contribution is -0.157. The number of nitrogens with one attached hydrogen (secondary N) is 2. The average Bonchev–Trinajstić information content (AvgIpc) is 2.94. The monoisotopic (exact) mass is 641 g/mol. The van der Waals surface area contributed by atoms with E-state index in [9.17, 15) is 13.8 Å². The maximum absolute atomic E-state index is 14.9. The summed E-state index contributed by atoms with van der Waals surface area (Å²) < 4.78 is 22.4. The quantitative estimate of drug-likeness (QED) is 0.232. The highest BCUT2D eigenvalue weighted by molar-refractivity contribution is 7.93. The number of amides is 2. The molecule has 0 saturated carbocycles. The molecule has 5 atom stereocenters. The summed E-state index contributed by atoms with van der Waals surface area (Å²) in [6.45, 7) is 9.41. The summed E-state index contributed by atoms with van der Waals surface area (Å²) in [6, 6.07) is 23.3. The van der Waals surface area contributed by atoms with Crippen LogP contribution < -0.4 is 5.32 Å². The van der Waals surface area contributed by atoms with Crippen molar-refractivity contribution in [3.8, 4) is 0 Å². The SMILES string of the molecule is CC(C)[C@@H](CS(=N)(=O)C(C)C)N1C(=O)[C@@](C)(CC(=O)Nc2ccccc2)C[C@H](c2cccc(Cl)c2)[C@H]1c1ccc(Cl)cc1. The highest BCUT2D eigenvalue weighted by Crippen LogP contribution is 2.52. The minimum atomic E-state index is -3.03. The van der Waals surface area contributed by atoms with Crippen molar-refractivity contribution >= 4 is 50.4 Å². The topological polar surface area (TPSA) is 90.3 Å². The summed E-state index contributed by atoms with van der Waals surface area (Å²) in [4.78, 5) is 30.2. The second-order valence-corrected chi connectivity index (χ2v) is 16.1. The van der Waals surface area contributed by atoms with Crippen molar-refractivity contribution in [1.82, 2.24) is 4.90 Å². The lowest BCUT2D eigenvalue weighted by Crippen LogP contribution is -2.59. The molecule has 6 nitrogen and oxygen atoms in total. The first-order valence-corrected chi connectivity index (χ1v) is 17.2. The van der Waals surface area contributed by atoms with Crippen LogP contribution in [0, 0.1) is 16.1 Å². The molecule has 0 aliphatic carbocycles. The third-order valence-electron chi connectivity index (χ3n) is 8.51. The number of para-hydroxylation sites is 1. The average molecular weight is 643 g/mol. The van der Waals surface area contributed by atoms with E-state index >= 15 is 0 Å². The molecule has 0 radical (unpaired) electrons. The van der Waals surface area contributed by atoms with Crippen molar-refractivity contribution in [2.45, 2.75) is 70.7 Å². The summed E-state index contributed by atoms with van der Waals surface area (Å²) in [6.07, 6.45) is 0.357. The van der Waals surface area contributed by atoms with Crippen molar-refractivity contribution in [3.63, 3.8) is 0 Å². The van der Waals surface area contributed by atoms with Gasteiger partial charge < -0.3 is 10.2 Å². The highest BCUT2D eigenvalue weighted by Gasteiger charge is 2.53. The number of carbonyl (C=O) groups is 2. The van der Waals surface area contributed by atoms with Crippen LogP contribution in [0.15, 0.2) is 78.9 Å². The maximum atomic E-state index is 14.9. The van der Waals surface area contributed by atoms with E-state index in [1.54, 1.807) is 13.8 Å². The van der Waals surface area contributed by atoms with Gasteiger partial charge in [0.25, 0.3) is 0 Å². The number of carbonyl (C=O) groups excluding carboxylic acids is 2. The molecule has 1 saturated heterocycles. The summed E-state index contributed by atoms with van der Waals surface area (Å²) in [5.74, 6) is -0.762. The van der Waals surface area contributed by atoms with Crippen LogP contribution >= 0.6 is 23.2 Å². The van der Waals surface area contributed by atoms with Crippen LogP contribution in [0.4, 0.5) is 5.69 Å². The molecule has 9 heteroatoms. The minimum Gasteiger partial charge on any atom is -0.330 e. The fourth-order valence-corrected chi connectivity index (χ4v) is 7.79. The van der Waals surface area contributed by atoms with Gasteiger partial charge in [0.2, 0.25) is 11.8 Å². The van der Waals surface area contributed by atoms with Gasteiger partial charge in [0, 0.05) is 49.1 Å². The zero-order chi connectivity index (χ0) is 31.5. The fraction of sp³-hybridized carbons (Fsp3) is 0.412. The number of piperidine rings is 1. The van der Waals surface area contributed by atoms with Crippen LogP contribution in [0.25, 0.3) is 0 Å². The predicted molar refractivity (Wildman–Crippen MR) is 177 cm³/mol. The van der Waals surface area contributed by atoms with Crippen molar-refractivity contribution in [3.05, 3.63) is 100 Å². The molecule has 3 aromatic rings. The number of nitrogens with zero attached hydrogens (tertiary/aromatic N) is 1. The highest BCUT2D eigenvalue weighted by atomic mass is 35.5. The third-order valence-corrected chi connectivity index (χ3v) is 11.4. The molecule has 230 valence electrons. The summed E-state index contributed by atoms with van der Waals surface area (Å²) in [5, 5.41) is 3.72. The molecule has 0 aromatic heterocycles. The fourth-order valence-electron chi connectivity index (χ4n) is 6.03. The molecule has 2 amide bonds. The van der Waals surface area contributed by atoms with Gasteiger partial charge in [-0.05, 0) is 59.9 Å². The molecule has 3 aromatic carbocycles. The van der Waals surface area contributed by atoms with Crippen LogP contribution in [0.1, 0.15) is 70.5 Å². The van der Waals surface area contributed by atoms with Crippen molar-refractivity contribution in [2.24, 2.45) is 11.3 Å². The Bertz CT molecular complexity index is 1540. The summed E-state index contributed by atoms with van der Waals surface area (Å²) in [7, 11) is -3.03. The maximum Gasteiger partial charge on any atom is 0.229 e. The van der Waals surface area contributed by atoms with E-state index in [0.717, 1.165) is 11.1 Å². The van der Waals surface area contributed by atoms with Gasteiger partial charge >= 0.3 is 0 Å². The molecule has 1 fully saturated rings. The minimum absolute atomic E-state index is 0.0344. The van der Waals surface area contributed by atoms with E-state index in [4.69, 9.17) is 28.0 Å². The number of likely N-dealkylation sites (tertiary alicyclic amines) is 1. The second kappa shape index (κ2) is 13.4. The lowest BCUT2D eigenvalue weighted by atomic mass is 9.66. The molecule has 1 unspecified atom stereocenters. The molecule has 1 aliphatic heterocycles. The first-order valence-electron chi connectivity index (χ1n) is 14.7. The Hall–Kier alpha value is -2.87. The Morgan fingerprint density at radius 1 is 0.977 bits per heavy atom. The van der Waals surface area contributed by atoms with E-state index in [0.29, 0.717) is 22.2 Å². The van der Waals surface area contributed by atoms with Gasteiger partial charge in [0.15, 0.2) is 0 Å². The molecule has 4 rings (SSSR count). The van der Waals surface area contributed by atoms with E-state index in [2.05, 4.69) is 5.32 Å². The van der Waals surface area contributed by atoms with Crippen LogP contribution in [0.3, 0.4) is 0 Å². The van der Waals surface area contributed by atoms with Crippen LogP contribution in [0.2, 0.25) is 10.0 Å². The van der Waals surface area contributed by atoms with Gasteiger partial charge in [-0.15, -0.1) is 0 Å². The van der Waals surface area contributed by atoms with Crippen molar-refractivity contribution in [2.75, 3.05) is 11.1 Å². The molecule has 43 heavy (non-hydrogen) atoms. The normalized spacial score (nSPS) is 22.8. The first kappa shape index (κ1) is 33.0. The number of benzene rings is 3. The van der Waals surface area contributed by atoms with Gasteiger partial charge in [-0.1, -0.05) is 100 Å². The molecule has 0 spiro atoms. The van der Waals surface area contributed by atoms with Crippen LogP contribution in [-0.4, -0.2) is 38.0 Å². The van der Waals surface area contributed by atoms with Gasteiger partial charge in [-0.3, -0.25) is 14.4 Å². The first-order chi connectivity index (χ1) is 20.2. The number of rotatable bonds is 10. The standard InChI is InChI=1S/C34H41Cl2N3O3S/c1-22(2)30(21-43(37,42)23(3)4)39-32(24-14-16-26(35)17-15-24)29(25-10-9-11-27(36)18-25)19-34(5,33(39)41)20-31(40)38-28-12-7-6-8-13-28/h6-18,22-23,29-30,32,37H,19-21H2,1-5H3,(H,38,40)/t29-,30-,32-,34-,43?/m1/s1. The van der Waals surface area contributed by atoms with Gasteiger partial charge in [-0.25, -0.2) is 4.21 Å². The summed E-state index contributed by atoms with van der Waals surface area (Å²) in [5.41, 5.74) is 1.40. The van der Waals surface area contributed by atoms with Crippen molar-refractivity contribution < 1.29 is 13.8 Å². The molecule has 0 bridgehead atoms. The van der Waals surface area contributed by atoms with Gasteiger partial charge in [-0.2, -0.15) is 0 Å². The Morgan fingerprint density at radius 3 is 2.21 bits per heavy atom. The molecular weight excluding hydrogens is 601 g/mol. The molecule has 1 aliphatic rings. The molecule has 2 N–H and O–H groups in total. The zero-order valence-corrected chi connectivity index (χ0v) is 27.7. The van der Waals surface area contributed by atoms with Gasteiger partial charge in [0.1, 0.15) is 0 Å².